The molecule has 0 saturated heterocycles. The molecule has 1 aliphatic carbocycles. The van der Waals surface area contributed by atoms with Crippen LogP contribution in [0.1, 0.15) is 12.0 Å². The van der Waals surface area contributed by atoms with Crippen LogP contribution in [0.3, 0.4) is 0 Å². The van der Waals surface area contributed by atoms with E-state index < -0.39 is 0 Å². The van der Waals surface area contributed by atoms with Gasteiger partial charge in [-0.05, 0) is 75.9 Å². The number of hydrogen-bond acceptors (Lipinski definition) is 4. The van der Waals surface area contributed by atoms with E-state index in [2.05, 4.69) is 85.8 Å². The van der Waals surface area contributed by atoms with E-state index in [0.29, 0.717) is 6.61 Å². The Morgan fingerprint density at radius 1 is 1.04 bits per heavy atom. The average molecular weight is 377 g/mol. The fraction of sp³-hybridized carbons (Fsp3) is 0.333. The van der Waals surface area contributed by atoms with Crippen molar-refractivity contribution in [2.24, 2.45) is 0 Å². The first kappa shape index (κ1) is 20.3. The minimum Gasteiger partial charge on any atom is -0.492 e. The molecule has 0 bridgehead atoms. The SMILES string of the molecule is CN(C)CCOc1ccc(-c2cccnc2)cc1C1=C(CN(C)C)[CH]CC=C1. The van der Waals surface area contributed by atoms with E-state index in [-0.39, 0.29) is 0 Å². The van der Waals surface area contributed by atoms with Crippen LogP contribution in [0.5, 0.6) is 5.75 Å². The number of aromatic nitrogens is 1. The van der Waals surface area contributed by atoms with Crippen molar-refractivity contribution in [3.63, 3.8) is 0 Å². The summed E-state index contributed by atoms with van der Waals surface area (Å²) >= 11 is 0. The third kappa shape index (κ3) is 5.31. The van der Waals surface area contributed by atoms with Crippen molar-refractivity contribution in [3.8, 4) is 16.9 Å². The maximum Gasteiger partial charge on any atom is 0.127 e. The summed E-state index contributed by atoms with van der Waals surface area (Å²) in [6.07, 6.45) is 11.5. The third-order valence-electron chi connectivity index (χ3n) is 4.68. The van der Waals surface area contributed by atoms with Crippen molar-refractivity contribution >= 4 is 5.57 Å². The molecule has 147 valence electrons. The number of ether oxygens (including phenoxy) is 1. The van der Waals surface area contributed by atoms with Gasteiger partial charge in [0, 0.05) is 36.6 Å². The molecule has 0 unspecified atom stereocenters. The van der Waals surface area contributed by atoms with E-state index in [1.165, 1.54) is 11.1 Å². The van der Waals surface area contributed by atoms with Crippen LogP contribution in [-0.2, 0) is 0 Å². The first-order valence-corrected chi connectivity index (χ1v) is 9.74. The molecule has 4 heteroatoms. The summed E-state index contributed by atoms with van der Waals surface area (Å²) in [5, 5.41) is 0. The molecule has 1 aromatic carbocycles. The maximum absolute atomic E-state index is 6.19. The van der Waals surface area contributed by atoms with Gasteiger partial charge in [0.25, 0.3) is 0 Å². The number of hydrogen-bond donors (Lipinski definition) is 0. The summed E-state index contributed by atoms with van der Waals surface area (Å²) in [6.45, 7) is 2.46. The van der Waals surface area contributed by atoms with Crippen LogP contribution in [-0.4, -0.2) is 62.7 Å². The Balaban J connectivity index is 2.03. The second kappa shape index (κ2) is 9.67. The predicted octanol–water partition coefficient (Wildman–Crippen LogP) is 4.17. The lowest BCUT2D eigenvalue weighted by molar-refractivity contribution is 0.261. The monoisotopic (exact) mass is 376 g/mol. The van der Waals surface area contributed by atoms with Gasteiger partial charge >= 0.3 is 0 Å². The van der Waals surface area contributed by atoms with Crippen molar-refractivity contribution in [1.29, 1.82) is 0 Å². The van der Waals surface area contributed by atoms with Crippen LogP contribution < -0.4 is 4.74 Å². The van der Waals surface area contributed by atoms with E-state index in [0.717, 1.165) is 42.0 Å². The van der Waals surface area contributed by atoms with Crippen molar-refractivity contribution in [3.05, 3.63) is 72.4 Å². The second-order valence-electron chi connectivity index (χ2n) is 7.62. The summed E-state index contributed by atoms with van der Waals surface area (Å²) in [5.74, 6) is 0.931. The Morgan fingerprint density at radius 3 is 2.61 bits per heavy atom. The van der Waals surface area contributed by atoms with Gasteiger partial charge in [-0.1, -0.05) is 24.3 Å². The molecular weight excluding hydrogens is 346 g/mol. The topological polar surface area (TPSA) is 28.6 Å². The minimum absolute atomic E-state index is 0.663. The maximum atomic E-state index is 6.19. The standard InChI is InChI=1S/C24H30N3O/c1-26(2)14-15-28-24-12-11-19(20-9-7-13-25-17-20)16-23(24)22-10-6-5-8-21(22)18-27(3)4/h6-13,16-17H,5,14-15,18H2,1-4H3. The van der Waals surface area contributed by atoms with Gasteiger partial charge in [-0.3, -0.25) is 4.98 Å². The lowest BCUT2D eigenvalue weighted by Crippen LogP contribution is -2.20. The molecule has 0 fully saturated rings. The zero-order valence-corrected chi connectivity index (χ0v) is 17.4. The lowest BCUT2D eigenvalue weighted by Gasteiger charge is -2.22. The van der Waals surface area contributed by atoms with Crippen molar-refractivity contribution < 1.29 is 4.74 Å². The highest BCUT2D eigenvalue weighted by Crippen LogP contribution is 2.36. The number of rotatable bonds is 8. The van der Waals surface area contributed by atoms with Crippen LogP contribution >= 0.6 is 0 Å². The zero-order chi connectivity index (χ0) is 19.9. The van der Waals surface area contributed by atoms with Crippen LogP contribution in [0.25, 0.3) is 16.7 Å². The molecule has 0 saturated carbocycles. The van der Waals surface area contributed by atoms with Gasteiger partial charge in [-0.2, -0.15) is 0 Å². The van der Waals surface area contributed by atoms with E-state index in [9.17, 15) is 0 Å². The molecule has 4 nitrogen and oxygen atoms in total. The predicted molar refractivity (Wildman–Crippen MR) is 117 cm³/mol. The highest BCUT2D eigenvalue weighted by Gasteiger charge is 2.17. The molecule has 1 aromatic heterocycles. The van der Waals surface area contributed by atoms with E-state index >= 15 is 0 Å². The Kier molecular flexibility index (Phi) is 7.01. The Morgan fingerprint density at radius 2 is 1.89 bits per heavy atom. The molecular formula is C24H30N3O. The van der Waals surface area contributed by atoms with Gasteiger partial charge in [0.15, 0.2) is 0 Å². The Hall–Kier alpha value is -2.43. The zero-order valence-electron chi connectivity index (χ0n) is 17.4. The summed E-state index contributed by atoms with van der Waals surface area (Å²) in [4.78, 5) is 8.62. The Labute approximate surface area is 169 Å². The molecule has 0 amide bonds. The quantitative estimate of drug-likeness (QED) is 0.691. The first-order valence-electron chi connectivity index (χ1n) is 9.74. The van der Waals surface area contributed by atoms with Gasteiger partial charge < -0.3 is 14.5 Å². The smallest absolute Gasteiger partial charge is 0.127 e. The molecule has 2 aromatic rings. The van der Waals surface area contributed by atoms with Crippen molar-refractivity contribution in [1.82, 2.24) is 14.8 Å². The van der Waals surface area contributed by atoms with Crippen LogP contribution in [0.4, 0.5) is 0 Å². The second-order valence-corrected chi connectivity index (χ2v) is 7.62. The fourth-order valence-electron chi connectivity index (χ4n) is 3.28. The van der Waals surface area contributed by atoms with E-state index in [1.807, 2.05) is 12.3 Å². The van der Waals surface area contributed by atoms with Crippen LogP contribution in [0.15, 0.2) is 60.5 Å². The van der Waals surface area contributed by atoms with Gasteiger partial charge in [-0.25, -0.2) is 0 Å². The molecule has 28 heavy (non-hydrogen) atoms. The number of benzene rings is 1. The van der Waals surface area contributed by atoms with Crippen LogP contribution in [0.2, 0.25) is 0 Å². The molecule has 3 rings (SSSR count). The third-order valence-corrected chi connectivity index (χ3v) is 4.68. The van der Waals surface area contributed by atoms with Gasteiger partial charge in [0.05, 0.1) is 0 Å². The van der Waals surface area contributed by atoms with Crippen molar-refractivity contribution in [2.75, 3.05) is 47.9 Å². The average Bonchev–Trinajstić information content (AvgIpc) is 2.69. The Bertz CT molecular complexity index is 838. The fourth-order valence-corrected chi connectivity index (χ4v) is 3.28. The number of likely N-dealkylation sites (N-methyl/N-ethyl adjacent to an activating group) is 2. The molecule has 1 radical (unpaired) electrons. The van der Waals surface area contributed by atoms with Gasteiger partial charge in [0.2, 0.25) is 0 Å². The molecule has 0 aliphatic heterocycles. The van der Waals surface area contributed by atoms with Crippen LogP contribution in [0, 0.1) is 6.42 Å². The minimum atomic E-state index is 0.663. The molecule has 1 heterocycles. The summed E-state index contributed by atoms with van der Waals surface area (Å²) < 4.78 is 6.19. The normalized spacial score (nSPS) is 14.2. The van der Waals surface area contributed by atoms with Gasteiger partial charge in [-0.15, -0.1) is 0 Å². The number of allylic oxidation sites excluding steroid dienone is 3. The number of pyridine rings is 1. The lowest BCUT2D eigenvalue weighted by atomic mass is 9.90. The highest BCUT2D eigenvalue weighted by atomic mass is 16.5. The number of nitrogens with zero attached hydrogens (tertiary/aromatic N) is 3. The molecule has 1 aliphatic rings. The molecule has 0 atom stereocenters. The van der Waals surface area contributed by atoms with Gasteiger partial charge in [0.1, 0.15) is 12.4 Å². The molecule has 0 spiro atoms. The summed E-state index contributed by atoms with van der Waals surface area (Å²) in [6, 6.07) is 10.5. The highest BCUT2D eigenvalue weighted by molar-refractivity contribution is 5.85. The van der Waals surface area contributed by atoms with E-state index in [1.54, 1.807) is 6.20 Å². The molecule has 0 N–H and O–H groups in total. The largest absolute Gasteiger partial charge is 0.492 e. The summed E-state index contributed by atoms with van der Waals surface area (Å²) in [5.41, 5.74) is 5.99. The van der Waals surface area contributed by atoms with E-state index in [4.69, 9.17) is 4.74 Å². The summed E-state index contributed by atoms with van der Waals surface area (Å²) in [7, 11) is 8.34. The first-order chi connectivity index (χ1) is 13.5. The van der Waals surface area contributed by atoms with Crippen molar-refractivity contribution in [2.45, 2.75) is 6.42 Å².